The van der Waals surface area contributed by atoms with Crippen molar-refractivity contribution in [2.24, 2.45) is 5.92 Å². The molecule has 2 aromatic rings. The molecule has 20 heavy (non-hydrogen) atoms. The van der Waals surface area contributed by atoms with Crippen molar-refractivity contribution in [3.8, 4) is 0 Å². The van der Waals surface area contributed by atoms with E-state index in [0.29, 0.717) is 5.92 Å². The SMILES string of the molecule is CN(CC1CC(O)C1)c1nc2ccccc2cc1CO. The molecule has 1 aromatic carbocycles. The minimum Gasteiger partial charge on any atom is -0.393 e. The van der Waals surface area contributed by atoms with Crippen molar-refractivity contribution in [1.29, 1.82) is 0 Å². The van der Waals surface area contributed by atoms with Crippen molar-refractivity contribution in [3.63, 3.8) is 0 Å². The van der Waals surface area contributed by atoms with E-state index in [-0.39, 0.29) is 12.7 Å². The average molecular weight is 272 g/mol. The van der Waals surface area contributed by atoms with E-state index in [4.69, 9.17) is 0 Å². The first-order valence-electron chi connectivity index (χ1n) is 7.06. The first-order valence-corrected chi connectivity index (χ1v) is 7.06. The van der Waals surface area contributed by atoms with Crippen LogP contribution in [0, 0.1) is 5.92 Å². The molecule has 0 atom stereocenters. The molecule has 0 bridgehead atoms. The fourth-order valence-corrected chi connectivity index (χ4v) is 2.92. The van der Waals surface area contributed by atoms with Crippen LogP contribution in [0.3, 0.4) is 0 Å². The number of aliphatic hydroxyl groups excluding tert-OH is 2. The van der Waals surface area contributed by atoms with Gasteiger partial charge in [-0.15, -0.1) is 0 Å². The van der Waals surface area contributed by atoms with Crippen LogP contribution in [0.25, 0.3) is 10.9 Å². The maximum atomic E-state index is 9.57. The maximum Gasteiger partial charge on any atom is 0.134 e. The van der Waals surface area contributed by atoms with Gasteiger partial charge in [0.15, 0.2) is 0 Å². The van der Waals surface area contributed by atoms with Crippen LogP contribution in [0.1, 0.15) is 18.4 Å². The van der Waals surface area contributed by atoms with Gasteiger partial charge in [0.2, 0.25) is 0 Å². The van der Waals surface area contributed by atoms with Gasteiger partial charge >= 0.3 is 0 Å². The number of aliphatic hydroxyl groups is 2. The summed E-state index contributed by atoms with van der Waals surface area (Å²) in [6, 6.07) is 9.95. The van der Waals surface area contributed by atoms with E-state index >= 15 is 0 Å². The first kappa shape index (κ1) is 13.3. The highest BCUT2D eigenvalue weighted by Gasteiger charge is 2.28. The number of aromatic nitrogens is 1. The second kappa shape index (κ2) is 5.38. The molecule has 106 valence electrons. The normalized spacial score (nSPS) is 21.8. The summed E-state index contributed by atoms with van der Waals surface area (Å²) >= 11 is 0. The second-order valence-corrected chi connectivity index (χ2v) is 5.69. The Kier molecular flexibility index (Phi) is 3.59. The van der Waals surface area contributed by atoms with Gasteiger partial charge in [-0.1, -0.05) is 18.2 Å². The molecule has 1 aliphatic rings. The van der Waals surface area contributed by atoms with Crippen molar-refractivity contribution in [2.75, 3.05) is 18.5 Å². The van der Waals surface area contributed by atoms with Crippen LogP contribution in [0.5, 0.6) is 0 Å². The lowest BCUT2D eigenvalue weighted by Crippen LogP contribution is -2.37. The number of rotatable bonds is 4. The van der Waals surface area contributed by atoms with Gasteiger partial charge in [0, 0.05) is 24.5 Å². The van der Waals surface area contributed by atoms with E-state index in [0.717, 1.165) is 41.7 Å². The highest BCUT2D eigenvalue weighted by atomic mass is 16.3. The molecule has 0 amide bonds. The molecule has 0 saturated heterocycles. The standard InChI is InChI=1S/C16H20N2O2/c1-18(9-11-6-14(20)7-11)16-13(10-19)8-12-4-2-3-5-15(12)17-16/h2-5,8,11,14,19-20H,6-7,9-10H2,1H3. The molecular formula is C16H20N2O2. The number of hydrogen-bond donors (Lipinski definition) is 2. The summed E-state index contributed by atoms with van der Waals surface area (Å²) in [5.74, 6) is 1.36. The Morgan fingerprint density at radius 1 is 1.30 bits per heavy atom. The third-order valence-corrected chi connectivity index (χ3v) is 4.05. The summed E-state index contributed by atoms with van der Waals surface area (Å²) in [5.41, 5.74) is 1.80. The Morgan fingerprint density at radius 3 is 2.75 bits per heavy atom. The van der Waals surface area contributed by atoms with Gasteiger partial charge in [0.1, 0.15) is 5.82 Å². The van der Waals surface area contributed by atoms with E-state index < -0.39 is 0 Å². The average Bonchev–Trinajstić information content (AvgIpc) is 2.44. The predicted octanol–water partition coefficient (Wildman–Crippen LogP) is 1.93. The van der Waals surface area contributed by atoms with E-state index in [2.05, 4.69) is 9.88 Å². The summed E-state index contributed by atoms with van der Waals surface area (Å²) < 4.78 is 0. The largest absolute Gasteiger partial charge is 0.393 e. The van der Waals surface area contributed by atoms with Crippen LogP contribution in [0.2, 0.25) is 0 Å². The van der Waals surface area contributed by atoms with Crippen molar-refractivity contribution in [1.82, 2.24) is 4.98 Å². The lowest BCUT2D eigenvalue weighted by molar-refractivity contribution is 0.0464. The molecule has 1 heterocycles. The molecule has 1 fully saturated rings. The highest BCUT2D eigenvalue weighted by molar-refractivity contribution is 5.81. The van der Waals surface area contributed by atoms with Crippen molar-refractivity contribution >= 4 is 16.7 Å². The minimum atomic E-state index is -0.129. The fourth-order valence-electron chi connectivity index (χ4n) is 2.92. The Labute approximate surface area is 118 Å². The number of fused-ring (bicyclic) bond motifs is 1. The number of hydrogen-bond acceptors (Lipinski definition) is 4. The molecule has 4 nitrogen and oxygen atoms in total. The van der Waals surface area contributed by atoms with Gasteiger partial charge in [0.25, 0.3) is 0 Å². The number of benzene rings is 1. The van der Waals surface area contributed by atoms with Gasteiger partial charge in [-0.05, 0) is 30.9 Å². The lowest BCUT2D eigenvalue weighted by atomic mass is 9.82. The molecule has 1 aliphatic carbocycles. The molecule has 0 spiro atoms. The topological polar surface area (TPSA) is 56.6 Å². The molecule has 4 heteroatoms. The number of anilines is 1. The van der Waals surface area contributed by atoms with Crippen molar-refractivity contribution < 1.29 is 10.2 Å². The zero-order valence-corrected chi connectivity index (χ0v) is 11.7. The van der Waals surface area contributed by atoms with Gasteiger partial charge < -0.3 is 15.1 Å². The predicted molar refractivity (Wildman–Crippen MR) is 79.7 cm³/mol. The zero-order chi connectivity index (χ0) is 14.1. The van der Waals surface area contributed by atoms with Crippen LogP contribution in [0.15, 0.2) is 30.3 Å². The molecular weight excluding hydrogens is 252 g/mol. The summed E-state index contributed by atoms with van der Waals surface area (Å²) in [4.78, 5) is 6.77. The summed E-state index contributed by atoms with van der Waals surface area (Å²) in [6.45, 7) is 0.861. The molecule has 3 rings (SSSR count). The molecule has 1 saturated carbocycles. The van der Waals surface area contributed by atoms with Crippen LogP contribution in [0.4, 0.5) is 5.82 Å². The third-order valence-electron chi connectivity index (χ3n) is 4.05. The zero-order valence-electron chi connectivity index (χ0n) is 11.7. The maximum absolute atomic E-state index is 9.57. The molecule has 0 unspecified atom stereocenters. The Hall–Kier alpha value is -1.65. The first-order chi connectivity index (χ1) is 9.67. The number of pyridine rings is 1. The second-order valence-electron chi connectivity index (χ2n) is 5.69. The molecule has 0 radical (unpaired) electrons. The number of nitrogens with zero attached hydrogens (tertiary/aromatic N) is 2. The Morgan fingerprint density at radius 2 is 2.05 bits per heavy atom. The van der Waals surface area contributed by atoms with E-state index in [1.165, 1.54) is 0 Å². The molecule has 0 aliphatic heterocycles. The summed E-state index contributed by atoms with van der Waals surface area (Å²) in [7, 11) is 2.00. The van der Waals surface area contributed by atoms with Gasteiger partial charge in [-0.25, -0.2) is 4.98 Å². The van der Waals surface area contributed by atoms with Crippen LogP contribution < -0.4 is 4.90 Å². The van der Waals surface area contributed by atoms with E-state index in [1.807, 2.05) is 37.4 Å². The van der Waals surface area contributed by atoms with Crippen molar-refractivity contribution in [3.05, 3.63) is 35.9 Å². The lowest BCUT2D eigenvalue weighted by Gasteiger charge is -2.35. The van der Waals surface area contributed by atoms with Crippen molar-refractivity contribution in [2.45, 2.75) is 25.6 Å². The minimum absolute atomic E-state index is 0.00913. The van der Waals surface area contributed by atoms with Crippen LogP contribution in [-0.2, 0) is 6.61 Å². The van der Waals surface area contributed by atoms with Crippen LogP contribution in [-0.4, -0.2) is 34.9 Å². The van der Waals surface area contributed by atoms with Gasteiger partial charge in [0.05, 0.1) is 18.2 Å². The van der Waals surface area contributed by atoms with E-state index in [1.54, 1.807) is 0 Å². The van der Waals surface area contributed by atoms with Gasteiger partial charge in [-0.2, -0.15) is 0 Å². The fraction of sp³-hybridized carbons (Fsp3) is 0.438. The quantitative estimate of drug-likeness (QED) is 0.893. The monoisotopic (exact) mass is 272 g/mol. The van der Waals surface area contributed by atoms with E-state index in [9.17, 15) is 10.2 Å². The molecule has 2 N–H and O–H groups in total. The summed E-state index contributed by atoms with van der Waals surface area (Å²) in [5, 5.41) is 20.0. The Balaban J connectivity index is 1.88. The van der Waals surface area contributed by atoms with Crippen LogP contribution >= 0.6 is 0 Å². The highest BCUT2D eigenvalue weighted by Crippen LogP contribution is 2.30. The number of para-hydroxylation sites is 1. The summed E-state index contributed by atoms with van der Waals surface area (Å²) in [6.07, 6.45) is 1.61. The Bertz CT molecular complexity index is 608. The third kappa shape index (κ3) is 2.49. The van der Waals surface area contributed by atoms with Gasteiger partial charge in [-0.3, -0.25) is 0 Å². The molecule has 1 aromatic heterocycles. The smallest absolute Gasteiger partial charge is 0.134 e.